The highest BCUT2D eigenvalue weighted by molar-refractivity contribution is 8.00. The zero-order valence-electron chi connectivity index (χ0n) is 12.0. The first-order valence-electron chi connectivity index (χ1n) is 6.84. The minimum Gasteiger partial charge on any atom is -0.323 e. The molecule has 1 aromatic heterocycles. The second-order valence-corrected chi connectivity index (χ2v) is 6.14. The summed E-state index contributed by atoms with van der Waals surface area (Å²) in [6.07, 6.45) is 3.00. The van der Waals surface area contributed by atoms with Crippen LogP contribution in [0.25, 0.3) is 5.69 Å². The lowest BCUT2D eigenvalue weighted by molar-refractivity contribution is -0.113. The van der Waals surface area contributed by atoms with E-state index in [2.05, 4.69) is 15.4 Å². The molecule has 0 aliphatic heterocycles. The molecular formula is C16H13ClN4OS. The van der Waals surface area contributed by atoms with Gasteiger partial charge in [0.05, 0.1) is 17.1 Å². The van der Waals surface area contributed by atoms with Gasteiger partial charge in [-0.05, 0) is 30.3 Å². The summed E-state index contributed by atoms with van der Waals surface area (Å²) >= 11 is 7.51. The van der Waals surface area contributed by atoms with E-state index in [0.29, 0.717) is 22.2 Å². The van der Waals surface area contributed by atoms with Crippen molar-refractivity contribution in [2.24, 2.45) is 0 Å². The Morgan fingerprint density at radius 3 is 2.78 bits per heavy atom. The van der Waals surface area contributed by atoms with Gasteiger partial charge in [0, 0.05) is 9.92 Å². The minimum atomic E-state index is -0.109. The van der Waals surface area contributed by atoms with Gasteiger partial charge in [-0.1, -0.05) is 29.8 Å². The molecule has 0 saturated carbocycles. The van der Waals surface area contributed by atoms with Gasteiger partial charge in [0.1, 0.15) is 12.7 Å². The van der Waals surface area contributed by atoms with Crippen molar-refractivity contribution in [1.82, 2.24) is 14.8 Å². The van der Waals surface area contributed by atoms with Gasteiger partial charge in [-0.2, -0.15) is 5.10 Å². The standard InChI is InChI=1S/C16H13ClN4OS/c17-12-6-7-15(21-11-18-10-19-21)14(8-12)20-16(22)9-23-13-4-2-1-3-5-13/h1-8,10-11H,9H2,(H,20,22). The predicted octanol–water partition coefficient (Wildman–Crippen LogP) is 3.65. The molecule has 1 heterocycles. The van der Waals surface area contributed by atoms with Crippen molar-refractivity contribution in [1.29, 1.82) is 0 Å². The van der Waals surface area contributed by atoms with Crippen LogP contribution in [0, 0.1) is 0 Å². The quantitative estimate of drug-likeness (QED) is 0.718. The van der Waals surface area contributed by atoms with Gasteiger partial charge in [0.2, 0.25) is 5.91 Å². The molecule has 0 atom stereocenters. The molecule has 3 rings (SSSR count). The number of nitrogens with zero attached hydrogens (tertiary/aromatic N) is 3. The van der Waals surface area contributed by atoms with Crippen molar-refractivity contribution >= 4 is 35.0 Å². The van der Waals surface area contributed by atoms with E-state index in [0.717, 1.165) is 4.90 Å². The van der Waals surface area contributed by atoms with Crippen LogP contribution in [-0.2, 0) is 4.79 Å². The number of carbonyl (C=O) groups is 1. The highest BCUT2D eigenvalue weighted by atomic mass is 35.5. The van der Waals surface area contributed by atoms with E-state index in [1.165, 1.54) is 18.1 Å². The van der Waals surface area contributed by atoms with Crippen molar-refractivity contribution in [3.05, 3.63) is 66.2 Å². The van der Waals surface area contributed by atoms with Crippen molar-refractivity contribution in [2.45, 2.75) is 4.90 Å². The molecule has 116 valence electrons. The summed E-state index contributed by atoms with van der Waals surface area (Å²) in [4.78, 5) is 17.2. The molecule has 23 heavy (non-hydrogen) atoms. The summed E-state index contributed by atoms with van der Waals surface area (Å²) in [6, 6.07) is 15.0. The number of benzene rings is 2. The summed E-state index contributed by atoms with van der Waals surface area (Å²) in [7, 11) is 0. The van der Waals surface area contributed by atoms with Gasteiger partial charge in [0.15, 0.2) is 0 Å². The fraction of sp³-hybridized carbons (Fsp3) is 0.0625. The topological polar surface area (TPSA) is 59.8 Å². The number of aromatic nitrogens is 3. The Morgan fingerprint density at radius 2 is 2.04 bits per heavy atom. The van der Waals surface area contributed by atoms with Gasteiger partial charge in [-0.15, -0.1) is 11.8 Å². The fourth-order valence-corrected chi connectivity index (χ4v) is 2.88. The maximum atomic E-state index is 12.2. The summed E-state index contributed by atoms with van der Waals surface area (Å²) in [6.45, 7) is 0. The molecule has 7 heteroatoms. The lowest BCUT2D eigenvalue weighted by Gasteiger charge is -2.11. The third kappa shape index (κ3) is 4.12. The van der Waals surface area contributed by atoms with Crippen molar-refractivity contribution in [3.8, 4) is 5.69 Å². The molecule has 0 aliphatic rings. The maximum absolute atomic E-state index is 12.2. The average Bonchev–Trinajstić information content (AvgIpc) is 3.08. The van der Waals surface area contributed by atoms with Crippen LogP contribution >= 0.6 is 23.4 Å². The van der Waals surface area contributed by atoms with Gasteiger partial charge in [-0.25, -0.2) is 9.67 Å². The van der Waals surface area contributed by atoms with Crippen LogP contribution in [0.5, 0.6) is 0 Å². The van der Waals surface area contributed by atoms with Gasteiger partial charge in [-0.3, -0.25) is 4.79 Å². The first kappa shape index (κ1) is 15.6. The molecule has 3 aromatic rings. The van der Waals surface area contributed by atoms with Crippen LogP contribution in [0.15, 0.2) is 66.1 Å². The van der Waals surface area contributed by atoms with E-state index in [9.17, 15) is 4.79 Å². The summed E-state index contributed by atoms with van der Waals surface area (Å²) in [5.41, 5.74) is 1.31. The molecule has 0 spiro atoms. The first-order valence-corrected chi connectivity index (χ1v) is 8.21. The van der Waals surface area contributed by atoms with E-state index >= 15 is 0 Å². The van der Waals surface area contributed by atoms with Crippen LogP contribution in [0.2, 0.25) is 5.02 Å². The zero-order valence-corrected chi connectivity index (χ0v) is 13.6. The highest BCUT2D eigenvalue weighted by Gasteiger charge is 2.10. The second kappa shape index (κ2) is 7.30. The maximum Gasteiger partial charge on any atom is 0.234 e. The SMILES string of the molecule is O=C(CSc1ccccc1)Nc1cc(Cl)ccc1-n1cncn1. The number of thioether (sulfide) groups is 1. The lowest BCUT2D eigenvalue weighted by atomic mass is 10.2. The summed E-state index contributed by atoms with van der Waals surface area (Å²) in [5.74, 6) is 0.204. The molecule has 0 radical (unpaired) electrons. The smallest absolute Gasteiger partial charge is 0.234 e. The van der Waals surface area contributed by atoms with Crippen LogP contribution in [0.1, 0.15) is 0 Å². The van der Waals surface area contributed by atoms with Gasteiger partial charge >= 0.3 is 0 Å². The number of carbonyl (C=O) groups excluding carboxylic acids is 1. The molecule has 2 aromatic carbocycles. The Balaban J connectivity index is 1.72. The summed E-state index contributed by atoms with van der Waals surface area (Å²) < 4.78 is 1.58. The number of amides is 1. The largest absolute Gasteiger partial charge is 0.323 e. The number of rotatable bonds is 5. The number of hydrogen-bond acceptors (Lipinski definition) is 4. The first-order chi connectivity index (χ1) is 11.2. The van der Waals surface area contributed by atoms with E-state index in [4.69, 9.17) is 11.6 Å². The molecule has 0 saturated heterocycles. The third-order valence-electron chi connectivity index (χ3n) is 3.01. The molecule has 0 fully saturated rings. The molecular weight excluding hydrogens is 332 g/mol. The molecule has 5 nitrogen and oxygen atoms in total. The fourth-order valence-electron chi connectivity index (χ4n) is 1.99. The van der Waals surface area contributed by atoms with Crippen molar-refractivity contribution in [2.75, 3.05) is 11.1 Å². The van der Waals surface area contributed by atoms with E-state index in [1.807, 2.05) is 30.3 Å². The van der Waals surface area contributed by atoms with E-state index in [1.54, 1.807) is 29.2 Å². The van der Waals surface area contributed by atoms with Crippen LogP contribution in [0.4, 0.5) is 5.69 Å². The van der Waals surface area contributed by atoms with E-state index < -0.39 is 0 Å². The Kier molecular flexibility index (Phi) is 4.95. The predicted molar refractivity (Wildman–Crippen MR) is 92.2 cm³/mol. The van der Waals surface area contributed by atoms with Crippen molar-refractivity contribution < 1.29 is 4.79 Å². The number of nitrogens with one attached hydrogen (secondary N) is 1. The van der Waals surface area contributed by atoms with Crippen LogP contribution in [0.3, 0.4) is 0 Å². The lowest BCUT2D eigenvalue weighted by Crippen LogP contribution is -2.16. The highest BCUT2D eigenvalue weighted by Crippen LogP contribution is 2.24. The van der Waals surface area contributed by atoms with Crippen molar-refractivity contribution in [3.63, 3.8) is 0 Å². The summed E-state index contributed by atoms with van der Waals surface area (Å²) in [5, 5.41) is 7.50. The number of halogens is 1. The number of anilines is 1. The molecule has 0 bridgehead atoms. The average molecular weight is 345 g/mol. The number of hydrogen-bond donors (Lipinski definition) is 1. The van der Waals surface area contributed by atoms with Gasteiger partial charge in [0.25, 0.3) is 0 Å². The molecule has 1 amide bonds. The third-order valence-corrected chi connectivity index (χ3v) is 4.26. The Bertz CT molecular complexity index is 793. The van der Waals surface area contributed by atoms with E-state index in [-0.39, 0.29) is 5.91 Å². The van der Waals surface area contributed by atoms with Crippen LogP contribution in [-0.4, -0.2) is 26.4 Å². The van der Waals surface area contributed by atoms with Crippen LogP contribution < -0.4 is 5.32 Å². The Morgan fingerprint density at radius 1 is 1.22 bits per heavy atom. The zero-order chi connectivity index (χ0) is 16.1. The normalized spacial score (nSPS) is 10.5. The molecule has 0 aliphatic carbocycles. The van der Waals surface area contributed by atoms with Gasteiger partial charge < -0.3 is 5.32 Å². The second-order valence-electron chi connectivity index (χ2n) is 4.65. The minimum absolute atomic E-state index is 0.109. The Labute approximate surface area is 142 Å². The molecule has 1 N–H and O–H groups in total. The Hall–Kier alpha value is -2.31. The molecule has 0 unspecified atom stereocenters. The monoisotopic (exact) mass is 344 g/mol.